The molecule has 1 fully saturated rings. The molecule has 1 rings (SSSR count). The summed E-state index contributed by atoms with van der Waals surface area (Å²) in [5.41, 5.74) is 0. The minimum Gasteiger partial charge on any atom is -0.393 e. The Hall–Kier alpha value is -1.14. The van der Waals surface area contributed by atoms with Crippen molar-refractivity contribution in [3.8, 4) is 0 Å². The van der Waals surface area contributed by atoms with Gasteiger partial charge in [-0.25, -0.2) is 0 Å². The molecule has 0 aromatic rings. The van der Waals surface area contributed by atoms with Gasteiger partial charge < -0.3 is 19.8 Å². The number of aliphatic hydroxyl groups excluding tert-OH is 1. The van der Waals surface area contributed by atoms with Gasteiger partial charge in [0.15, 0.2) is 0 Å². The second-order valence-corrected chi connectivity index (χ2v) is 22.7. The second-order valence-electron chi connectivity index (χ2n) is 22.7. The van der Waals surface area contributed by atoms with E-state index in [-0.39, 0.29) is 6.10 Å². The number of carbonyl (C=O) groups is 2. The summed E-state index contributed by atoms with van der Waals surface area (Å²) in [4.78, 5) is 34.2. The molecule has 1 aliphatic rings. The van der Waals surface area contributed by atoms with Gasteiger partial charge in [-0.2, -0.15) is 0 Å². The van der Waals surface area contributed by atoms with Gasteiger partial charge in [-0.15, -0.1) is 0 Å². The fourth-order valence-electron chi connectivity index (χ4n) is 11.2. The summed E-state index contributed by atoms with van der Waals surface area (Å²) in [7, 11) is 0. The highest BCUT2D eigenvalue weighted by Crippen LogP contribution is 2.26. The molecule has 6 nitrogen and oxygen atoms in total. The Labute approximate surface area is 433 Å². The van der Waals surface area contributed by atoms with Crippen LogP contribution in [0.4, 0.5) is 0 Å². The molecule has 0 heterocycles. The lowest BCUT2D eigenvalue weighted by Crippen LogP contribution is -2.34. The van der Waals surface area contributed by atoms with Gasteiger partial charge in [-0.3, -0.25) is 9.59 Å². The summed E-state index contributed by atoms with van der Waals surface area (Å²) in [6.45, 7) is 16.5. The Morgan fingerprint density at radius 2 is 0.609 bits per heavy atom. The van der Waals surface area contributed by atoms with Crippen molar-refractivity contribution in [1.29, 1.82) is 0 Å². The molecule has 6 heteroatoms. The third-order valence-electron chi connectivity index (χ3n) is 15.8. The van der Waals surface area contributed by atoms with Crippen molar-refractivity contribution in [3.63, 3.8) is 0 Å². The maximum Gasteiger partial charge on any atom is 0.222 e. The van der Waals surface area contributed by atoms with Gasteiger partial charge in [0, 0.05) is 45.6 Å². The van der Waals surface area contributed by atoms with Crippen LogP contribution in [0.3, 0.4) is 0 Å². The number of amides is 2. The molecule has 0 spiro atoms. The molecule has 410 valence electrons. The summed E-state index contributed by atoms with van der Waals surface area (Å²) in [6.07, 6.45) is 59.9. The molecule has 0 bridgehead atoms. The minimum atomic E-state index is -0.107. The highest BCUT2D eigenvalue weighted by Gasteiger charge is 2.22. The molecule has 0 radical (unpaired) electrons. The van der Waals surface area contributed by atoms with E-state index in [1.165, 1.54) is 283 Å². The first-order chi connectivity index (χ1) is 33.9. The lowest BCUT2D eigenvalue weighted by atomic mass is 9.87. The van der Waals surface area contributed by atoms with Gasteiger partial charge in [-0.05, 0) is 89.6 Å². The normalized spacial score (nSPS) is 15.1. The Balaban J connectivity index is 2.47. The maximum absolute atomic E-state index is 13.5. The van der Waals surface area contributed by atoms with Gasteiger partial charge in [0.2, 0.25) is 11.8 Å². The molecular weight excluding hydrogens is 847 g/mol. The number of aliphatic hydroxyl groups is 1. The van der Waals surface area contributed by atoms with Crippen molar-refractivity contribution in [1.82, 2.24) is 14.7 Å². The molecule has 69 heavy (non-hydrogen) atoms. The summed E-state index contributed by atoms with van der Waals surface area (Å²) < 4.78 is 0. The van der Waals surface area contributed by atoms with Crippen molar-refractivity contribution in [3.05, 3.63) is 0 Å². The van der Waals surface area contributed by atoms with E-state index in [1.807, 2.05) is 0 Å². The number of nitrogens with zero attached hydrogens (tertiary/aromatic N) is 3. The first-order valence-corrected chi connectivity index (χ1v) is 31.9. The first kappa shape index (κ1) is 65.9. The van der Waals surface area contributed by atoms with E-state index >= 15 is 0 Å². The van der Waals surface area contributed by atoms with Gasteiger partial charge in [0.1, 0.15) is 0 Å². The summed E-state index contributed by atoms with van der Waals surface area (Å²) in [5.74, 6) is 1.46. The molecule has 1 aliphatic carbocycles. The molecule has 0 aromatic carbocycles. The third-order valence-corrected chi connectivity index (χ3v) is 15.8. The van der Waals surface area contributed by atoms with Gasteiger partial charge in [-0.1, -0.05) is 252 Å². The van der Waals surface area contributed by atoms with E-state index in [9.17, 15) is 14.7 Å². The van der Waals surface area contributed by atoms with E-state index < -0.39 is 0 Å². The zero-order valence-electron chi connectivity index (χ0n) is 47.7. The van der Waals surface area contributed by atoms with E-state index in [4.69, 9.17) is 0 Å². The number of hydrogen-bond acceptors (Lipinski definition) is 4. The van der Waals surface area contributed by atoms with E-state index in [0.29, 0.717) is 17.7 Å². The van der Waals surface area contributed by atoms with Crippen molar-refractivity contribution in [2.45, 2.75) is 342 Å². The zero-order valence-corrected chi connectivity index (χ0v) is 47.7. The topological polar surface area (TPSA) is 64.1 Å². The number of rotatable bonds is 54. The average molecular weight is 973 g/mol. The van der Waals surface area contributed by atoms with Crippen LogP contribution in [0.2, 0.25) is 0 Å². The third kappa shape index (κ3) is 43.0. The standard InChI is InChI=1S/C63H125N3O3/c1-5-9-13-17-21-25-35-43-54-65(55-44-36-26-22-18-14-10-6-2)62(68)50-39-31-29-33-41-52-64(59-60-48-47-49-61(67)58-60)53-42-34-30-32-40-51-63(69)66(56-45-37-27-23-19-15-11-7-3)57-46-38-28-24-20-16-12-8-4/h60-61,67H,5-59H2,1-4H3/t60-,61-/m0/s1. The van der Waals surface area contributed by atoms with Crippen LogP contribution in [-0.4, -0.2) is 83.5 Å². The summed E-state index contributed by atoms with van der Waals surface area (Å²) in [6, 6.07) is 0. The second kappa shape index (κ2) is 51.7. The highest BCUT2D eigenvalue weighted by atomic mass is 16.3. The molecule has 1 N–H and O–H groups in total. The van der Waals surface area contributed by atoms with Crippen LogP contribution in [0.15, 0.2) is 0 Å². The Morgan fingerprint density at radius 3 is 0.899 bits per heavy atom. The number of hydrogen-bond donors (Lipinski definition) is 1. The molecular formula is C63H125N3O3. The first-order valence-electron chi connectivity index (χ1n) is 31.9. The zero-order chi connectivity index (χ0) is 49.9. The Morgan fingerprint density at radius 1 is 0.348 bits per heavy atom. The smallest absolute Gasteiger partial charge is 0.222 e. The number of carbonyl (C=O) groups excluding carboxylic acids is 2. The summed E-state index contributed by atoms with van der Waals surface area (Å²) >= 11 is 0. The van der Waals surface area contributed by atoms with E-state index in [1.54, 1.807) is 0 Å². The Kier molecular flexibility index (Phi) is 49.4. The Bertz CT molecular complexity index is 960. The largest absolute Gasteiger partial charge is 0.393 e. The summed E-state index contributed by atoms with van der Waals surface area (Å²) in [5, 5.41) is 10.4. The molecule has 2 amide bonds. The van der Waals surface area contributed by atoms with Gasteiger partial charge in [0.25, 0.3) is 0 Å². The van der Waals surface area contributed by atoms with Crippen molar-refractivity contribution < 1.29 is 14.7 Å². The lowest BCUT2D eigenvalue weighted by molar-refractivity contribution is -0.132. The minimum absolute atomic E-state index is 0.107. The molecule has 0 unspecified atom stereocenters. The van der Waals surface area contributed by atoms with Crippen molar-refractivity contribution in [2.24, 2.45) is 5.92 Å². The van der Waals surface area contributed by atoms with Crippen LogP contribution in [0.5, 0.6) is 0 Å². The monoisotopic (exact) mass is 972 g/mol. The molecule has 0 saturated heterocycles. The van der Waals surface area contributed by atoms with Crippen LogP contribution < -0.4 is 0 Å². The SMILES string of the molecule is CCCCCCCCCCN(CCCCCCCCCC)C(=O)CCCCCCCN(CCCCCCCC(=O)N(CCCCCCCCCC)CCCCCCCCCC)C[C@H]1CCC[C@H](O)C1. The molecule has 0 aromatic heterocycles. The average Bonchev–Trinajstić information content (AvgIpc) is 3.34. The molecule has 1 saturated carbocycles. The van der Waals surface area contributed by atoms with Crippen LogP contribution in [0, 0.1) is 5.92 Å². The van der Waals surface area contributed by atoms with Crippen molar-refractivity contribution in [2.75, 3.05) is 45.8 Å². The van der Waals surface area contributed by atoms with Crippen LogP contribution in [-0.2, 0) is 9.59 Å². The van der Waals surface area contributed by atoms with Crippen LogP contribution in [0.1, 0.15) is 336 Å². The number of unbranched alkanes of at least 4 members (excludes halogenated alkanes) is 36. The fraction of sp³-hybridized carbons (Fsp3) is 0.968. The predicted molar refractivity (Wildman–Crippen MR) is 303 cm³/mol. The fourth-order valence-corrected chi connectivity index (χ4v) is 11.2. The van der Waals surface area contributed by atoms with Gasteiger partial charge >= 0.3 is 0 Å². The maximum atomic E-state index is 13.5. The molecule has 0 aliphatic heterocycles. The van der Waals surface area contributed by atoms with E-state index in [0.717, 1.165) is 71.2 Å². The van der Waals surface area contributed by atoms with E-state index in [2.05, 4.69) is 42.4 Å². The molecule has 2 atom stereocenters. The quantitative estimate of drug-likeness (QED) is 0.0617. The highest BCUT2D eigenvalue weighted by molar-refractivity contribution is 5.76. The van der Waals surface area contributed by atoms with Crippen molar-refractivity contribution >= 4 is 11.8 Å². The van der Waals surface area contributed by atoms with Crippen LogP contribution >= 0.6 is 0 Å². The predicted octanol–water partition coefficient (Wildman–Crippen LogP) is 18.7. The van der Waals surface area contributed by atoms with Gasteiger partial charge in [0.05, 0.1) is 6.10 Å². The lowest BCUT2D eigenvalue weighted by Gasteiger charge is -2.31. The van der Waals surface area contributed by atoms with Crippen LogP contribution in [0.25, 0.3) is 0 Å².